The highest BCUT2D eigenvalue weighted by Crippen LogP contribution is 2.18. The van der Waals surface area contributed by atoms with E-state index in [0.29, 0.717) is 5.56 Å². The number of aryl methyl sites for hydroxylation is 2. The molecule has 4 nitrogen and oxygen atoms in total. The number of rotatable bonds is 4. The maximum absolute atomic E-state index is 12.1. The molecular formula is C17H21N3O. The van der Waals surface area contributed by atoms with Crippen LogP contribution < -0.4 is 15.8 Å². The van der Waals surface area contributed by atoms with Gasteiger partial charge in [0.2, 0.25) is 0 Å². The van der Waals surface area contributed by atoms with Gasteiger partial charge in [0.05, 0.1) is 5.69 Å². The van der Waals surface area contributed by atoms with E-state index in [-0.39, 0.29) is 5.91 Å². The molecule has 1 amide bonds. The monoisotopic (exact) mass is 283 g/mol. The number of hydrazine groups is 1. The standard InChI is InChI=1S/C17H21N3O/c1-12-6-5-7-13(2)16(12)18-19-17(21)14-8-10-15(11-9-14)20(3)4/h5-11,18H,1-4H3,(H,19,21). The topological polar surface area (TPSA) is 44.4 Å². The summed E-state index contributed by atoms with van der Waals surface area (Å²) in [6.07, 6.45) is 0. The van der Waals surface area contributed by atoms with E-state index in [1.807, 2.05) is 75.3 Å². The largest absolute Gasteiger partial charge is 0.378 e. The Hall–Kier alpha value is -2.49. The summed E-state index contributed by atoms with van der Waals surface area (Å²) in [6, 6.07) is 13.5. The number of nitrogens with zero attached hydrogens (tertiary/aromatic N) is 1. The van der Waals surface area contributed by atoms with E-state index in [9.17, 15) is 4.79 Å². The fraction of sp³-hybridized carbons (Fsp3) is 0.235. The van der Waals surface area contributed by atoms with Crippen molar-refractivity contribution in [2.45, 2.75) is 13.8 Å². The molecule has 0 aliphatic carbocycles. The minimum atomic E-state index is -0.150. The molecule has 2 rings (SSSR count). The van der Waals surface area contributed by atoms with Crippen LogP contribution >= 0.6 is 0 Å². The molecular weight excluding hydrogens is 262 g/mol. The summed E-state index contributed by atoms with van der Waals surface area (Å²) >= 11 is 0. The van der Waals surface area contributed by atoms with Gasteiger partial charge in [-0.25, -0.2) is 0 Å². The zero-order chi connectivity index (χ0) is 15.4. The van der Waals surface area contributed by atoms with Gasteiger partial charge in [-0.05, 0) is 49.2 Å². The molecule has 0 aliphatic rings. The summed E-state index contributed by atoms with van der Waals surface area (Å²) in [6.45, 7) is 4.01. The summed E-state index contributed by atoms with van der Waals surface area (Å²) < 4.78 is 0. The zero-order valence-corrected chi connectivity index (χ0v) is 12.9. The first-order valence-corrected chi connectivity index (χ1v) is 6.89. The molecule has 0 spiro atoms. The first kappa shape index (κ1) is 14.9. The smallest absolute Gasteiger partial charge is 0.269 e. The summed E-state index contributed by atoms with van der Waals surface area (Å²) in [5.41, 5.74) is 10.6. The van der Waals surface area contributed by atoms with Gasteiger partial charge in [-0.3, -0.25) is 15.6 Å². The third-order valence-corrected chi connectivity index (χ3v) is 3.43. The third kappa shape index (κ3) is 3.54. The van der Waals surface area contributed by atoms with Crippen LogP contribution in [0, 0.1) is 13.8 Å². The lowest BCUT2D eigenvalue weighted by atomic mass is 10.1. The van der Waals surface area contributed by atoms with E-state index in [1.165, 1.54) is 0 Å². The maximum atomic E-state index is 12.1. The lowest BCUT2D eigenvalue weighted by Gasteiger charge is -2.15. The fourth-order valence-corrected chi connectivity index (χ4v) is 2.11. The molecule has 2 aromatic carbocycles. The molecule has 0 aromatic heterocycles. The minimum Gasteiger partial charge on any atom is -0.378 e. The number of carbonyl (C=O) groups is 1. The number of hydrogen-bond donors (Lipinski definition) is 2. The van der Waals surface area contributed by atoms with E-state index in [0.717, 1.165) is 22.5 Å². The number of carbonyl (C=O) groups excluding carboxylic acids is 1. The van der Waals surface area contributed by atoms with E-state index in [2.05, 4.69) is 10.9 Å². The molecule has 21 heavy (non-hydrogen) atoms. The van der Waals surface area contributed by atoms with Crippen LogP contribution in [0.4, 0.5) is 11.4 Å². The predicted molar refractivity (Wildman–Crippen MR) is 87.8 cm³/mol. The summed E-state index contributed by atoms with van der Waals surface area (Å²) in [4.78, 5) is 14.1. The van der Waals surface area contributed by atoms with Crippen LogP contribution in [0.25, 0.3) is 0 Å². The molecule has 4 heteroatoms. The van der Waals surface area contributed by atoms with Crippen molar-refractivity contribution >= 4 is 17.3 Å². The van der Waals surface area contributed by atoms with Crippen LogP contribution in [-0.4, -0.2) is 20.0 Å². The van der Waals surface area contributed by atoms with Crippen molar-refractivity contribution in [2.75, 3.05) is 24.4 Å². The van der Waals surface area contributed by atoms with Crippen LogP contribution in [0.15, 0.2) is 42.5 Å². The first-order valence-electron chi connectivity index (χ1n) is 6.89. The molecule has 0 saturated carbocycles. The Morgan fingerprint density at radius 1 is 0.952 bits per heavy atom. The summed E-state index contributed by atoms with van der Waals surface area (Å²) in [5.74, 6) is -0.150. The first-order chi connectivity index (χ1) is 9.99. The van der Waals surface area contributed by atoms with Crippen molar-refractivity contribution in [1.29, 1.82) is 0 Å². The quantitative estimate of drug-likeness (QED) is 0.847. The molecule has 0 fully saturated rings. The molecule has 0 atom stereocenters. The lowest BCUT2D eigenvalue weighted by molar-refractivity contribution is 0.0962. The van der Waals surface area contributed by atoms with Gasteiger partial charge in [-0.15, -0.1) is 0 Å². The van der Waals surface area contributed by atoms with Crippen LogP contribution in [0.2, 0.25) is 0 Å². The summed E-state index contributed by atoms with van der Waals surface area (Å²) in [7, 11) is 3.94. The van der Waals surface area contributed by atoms with E-state index >= 15 is 0 Å². The second kappa shape index (κ2) is 6.31. The second-order valence-electron chi connectivity index (χ2n) is 5.29. The zero-order valence-electron chi connectivity index (χ0n) is 12.9. The molecule has 110 valence electrons. The van der Waals surface area contributed by atoms with E-state index in [4.69, 9.17) is 0 Å². The Bertz CT molecular complexity index is 613. The van der Waals surface area contributed by atoms with Gasteiger partial charge in [0.1, 0.15) is 0 Å². The third-order valence-electron chi connectivity index (χ3n) is 3.43. The fourth-order valence-electron chi connectivity index (χ4n) is 2.11. The van der Waals surface area contributed by atoms with Crippen molar-refractivity contribution in [3.05, 3.63) is 59.2 Å². The number of nitrogens with one attached hydrogen (secondary N) is 2. The van der Waals surface area contributed by atoms with E-state index < -0.39 is 0 Å². The van der Waals surface area contributed by atoms with Gasteiger partial charge in [-0.2, -0.15) is 0 Å². The number of hydrogen-bond acceptors (Lipinski definition) is 3. The van der Waals surface area contributed by atoms with Gasteiger partial charge in [0.15, 0.2) is 0 Å². The molecule has 0 heterocycles. The lowest BCUT2D eigenvalue weighted by Crippen LogP contribution is -2.30. The molecule has 0 unspecified atom stereocenters. The predicted octanol–water partition coefficient (Wildman–Crippen LogP) is 3.13. The van der Waals surface area contributed by atoms with Gasteiger partial charge in [0.25, 0.3) is 5.91 Å². The van der Waals surface area contributed by atoms with Crippen LogP contribution in [0.5, 0.6) is 0 Å². The van der Waals surface area contributed by atoms with Gasteiger partial charge in [0, 0.05) is 25.3 Å². The van der Waals surface area contributed by atoms with Crippen molar-refractivity contribution in [3.63, 3.8) is 0 Å². The Labute approximate surface area is 125 Å². The Morgan fingerprint density at radius 3 is 2.05 bits per heavy atom. The highest BCUT2D eigenvalue weighted by molar-refractivity contribution is 5.95. The molecule has 2 aromatic rings. The van der Waals surface area contributed by atoms with Gasteiger partial charge < -0.3 is 4.90 Å². The van der Waals surface area contributed by atoms with Crippen molar-refractivity contribution < 1.29 is 4.79 Å². The van der Waals surface area contributed by atoms with E-state index in [1.54, 1.807) is 0 Å². The second-order valence-corrected chi connectivity index (χ2v) is 5.29. The molecule has 0 radical (unpaired) electrons. The molecule has 2 N–H and O–H groups in total. The van der Waals surface area contributed by atoms with Crippen LogP contribution in [0.3, 0.4) is 0 Å². The Kier molecular flexibility index (Phi) is 4.48. The Balaban J connectivity index is 2.05. The van der Waals surface area contributed by atoms with Crippen molar-refractivity contribution in [1.82, 2.24) is 5.43 Å². The Morgan fingerprint density at radius 2 is 1.52 bits per heavy atom. The van der Waals surface area contributed by atoms with Gasteiger partial charge in [-0.1, -0.05) is 18.2 Å². The molecule has 0 aliphatic heterocycles. The minimum absolute atomic E-state index is 0.150. The number of para-hydroxylation sites is 1. The highest BCUT2D eigenvalue weighted by atomic mass is 16.2. The summed E-state index contributed by atoms with van der Waals surface area (Å²) in [5, 5.41) is 0. The van der Waals surface area contributed by atoms with Crippen LogP contribution in [-0.2, 0) is 0 Å². The number of amides is 1. The molecule has 0 saturated heterocycles. The van der Waals surface area contributed by atoms with Gasteiger partial charge >= 0.3 is 0 Å². The normalized spacial score (nSPS) is 10.1. The average Bonchev–Trinajstić information content (AvgIpc) is 2.46. The maximum Gasteiger partial charge on any atom is 0.269 e. The highest BCUT2D eigenvalue weighted by Gasteiger charge is 2.07. The van der Waals surface area contributed by atoms with Crippen molar-refractivity contribution in [3.8, 4) is 0 Å². The SMILES string of the molecule is Cc1cccc(C)c1NNC(=O)c1ccc(N(C)C)cc1. The number of anilines is 2. The van der Waals surface area contributed by atoms with Crippen LogP contribution in [0.1, 0.15) is 21.5 Å². The van der Waals surface area contributed by atoms with Crippen molar-refractivity contribution in [2.24, 2.45) is 0 Å². The molecule has 0 bridgehead atoms. The average molecular weight is 283 g/mol. The number of benzene rings is 2.